The molecular formula is C26H20BrN3O2S. The molecule has 1 heterocycles. The number of fused-ring (bicyclic) bond motifs is 1. The number of nitro groups is 1. The Labute approximate surface area is 204 Å². The molecule has 0 bridgehead atoms. The average Bonchev–Trinajstić information content (AvgIpc) is 2.82. The summed E-state index contributed by atoms with van der Waals surface area (Å²) in [6, 6.07) is 25.6. The van der Waals surface area contributed by atoms with E-state index in [-0.39, 0.29) is 15.9 Å². The minimum absolute atomic E-state index is 0.0181. The Balaban J connectivity index is 1.96. The molecule has 1 aromatic heterocycles. The molecule has 0 radical (unpaired) electrons. The zero-order chi connectivity index (χ0) is 23.6. The van der Waals surface area contributed by atoms with Gasteiger partial charge in [-0.15, -0.1) is 11.8 Å². The van der Waals surface area contributed by atoms with Crippen molar-refractivity contribution in [3.05, 3.63) is 110 Å². The van der Waals surface area contributed by atoms with Crippen LogP contribution in [0.15, 0.2) is 88.4 Å². The first-order chi connectivity index (χ1) is 15.8. The van der Waals surface area contributed by atoms with Crippen LogP contribution in [0.5, 0.6) is 0 Å². The number of nitrogens with zero attached hydrogens (tertiary/aromatic N) is 3. The lowest BCUT2D eigenvalue weighted by molar-refractivity contribution is -0.385. The van der Waals surface area contributed by atoms with Gasteiger partial charge in [0.05, 0.1) is 32.7 Å². The third kappa shape index (κ3) is 4.77. The van der Waals surface area contributed by atoms with E-state index in [1.54, 1.807) is 11.8 Å². The van der Waals surface area contributed by atoms with Crippen LogP contribution in [-0.2, 0) is 5.41 Å². The van der Waals surface area contributed by atoms with E-state index >= 15 is 0 Å². The Bertz CT molecular complexity index is 1370. The van der Waals surface area contributed by atoms with Crippen molar-refractivity contribution in [1.29, 1.82) is 5.26 Å². The third-order valence-corrected chi connectivity index (χ3v) is 7.30. The number of hydrogen-bond acceptors (Lipinski definition) is 5. The van der Waals surface area contributed by atoms with Gasteiger partial charge in [-0.3, -0.25) is 10.1 Å². The van der Waals surface area contributed by atoms with E-state index in [9.17, 15) is 15.4 Å². The molecule has 0 aliphatic heterocycles. The average molecular weight is 518 g/mol. The van der Waals surface area contributed by atoms with Crippen LogP contribution in [0.2, 0.25) is 0 Å². The smallest absolute Gasteiger partial charge is 0.258 e. The van der Waals surface area contributed by atoms with Gasteiger partial charge in [-0.25, -0.2) is 4.98 Å². The Morgan fingerprint density at radius 2 is 1.79 bits per heavy atom. The molecule has 33 heavy (non-hydrogen) atoms. The number of hydrogen-bond donors (Lipinski definition) is 0. The highest BCUT2D eigenvalue weighted by Gasteiger charge is 2.29. The Hall–Kier alpha value is -3.21. The van der Waals surface area contributed by atoms with E-state index in [4.69, 9.17) is 0 Å². The van der Waals surface area contributed by atoms with Gasteiger partial charge in [-0.05, 0) is 55.3 Å². The number of halogens is 1. The molecule has 4 aromatic rings. The summed E-state index contributed by atoms with van der Waals surface area (Å²) in [6.45, 7) is 3.74. The fourth-order valence-corrected chi connectivity index (χ4v) is 5.27. The monoisotopic (exact) mass is 517 g/mol. The maximum atomic E-state index is 12.1. The SMILES string of the molecule is CC(C)(C#N)c1ccc([C@H](Sc2ccccc2)c2c([N+](=O)[O-])cnc3ccc(Br)cc23)cc1. The summed E-state index contributed by atoms with van der Waals surface area (Å²) >= 11 is 5.06. The molecule has 0 N–H and O–H groups in total. The molecule has 0 spiro atoms. The van der Waals surface area contributed by atoms with Gasteiger partial charge in [0.2, 0.25) is 0 Å². The molecule has 0 amide bonds. The van der Waals surface area contributed by atoms with Gasteiger partial charge in [0.15, 0.2) is 0 Å². The summed E-state index contributed by atoms with van der Waals surface area (Å²) in [6.07, 6.45) is 1.34. The fourth-order valence-electron chi connectivity index (χ4n) is 3.66. The highest BCUT2D eigenvalue weighted by atomic mass is 79.9. The van der Waals surface area contributed by atoms with Gasteiger partial charge in [0.25, 0.3) is 5.69 Å². The van der Waals surface area contributed by atoms with Gasteiger partial charge in [-0.1, -0.05) is 58.4 Å². The van der Waals surface area contributed by atoms with Crippen molar-refractivity contribution in [3.63, 3.8) is 0 Å². The fraction of sp³-hybridized carbons (Fsp3) is 0.154. The van der Waals surface area contributed by atoms with E-state index in [1.807, 2.05) is 86.6 Å². The summed E-state index contributed by atoms with van der Waals surface area (Å²) in [5.74, 6) is 0. The van der Waals surface area contributed by atoms with Gasteiger partial charge in [0.1, 0.15) is 6.20 Å². The van der Waals surface area contributed by atoms with E-state index in [1.165, 1.54) is 6.20 Å². The molecule has 0 unspecified atom stereocenters. The first kappa shape index (κ1) is 23.0. The lowest BCUT2D eigenvalue weighted by Gasteiger charge is -2.21. The number of benzene rings is 3. The largest absolute Gasteiger partial charge is 0.292 e. The van der Waals surface area contributed by atoms with Gasteiger partial charge in [-0.2, -0.15) is 5.26 Å². The standard InChI is InChI=1S/C26H20BrN3O2S/c1-26(2,16-28)18-10-8-17(9-11-18)25(33-20-6-4-3-5-7-20)24-21-14-19(27)12-13-22(21)29-15-23(24)30(31)32/h3-15,25H,1-2H3/t25-/m0/s1. The van der Waals surface area contributed by atoms with E-state index < -0.39 is 5.41 Å². The zero-order valence-corrected chi connectivity index (χ0v) is 20.4. The van der Waals surface area contributed by atoms with Gasteiger partial charge < -0.3 is 0 Å². The van der Waals surface area contributed by atoms with Crippen LogP contribution in [0, 0.1) is 21.4 Å². The van der Waals surface area contributed by atoms with Crippen LogP contribution < -0.4 is 0 Å². The van der Waals surface area contributed by atoms with Crippen LogP contribution in [0.3, 0.4) is 0 Å². The minimum atomic E-state index is -0.624. The number of nitriles is 1. The molecule has 0 fully saturated rings. The molecule has 164 valence electrons. The first-order valence-corrected chi connectivity index (χ1v) is 11.9. The van der Waals surface area contributed by atoms with Crippen LogP contribution in [0.4, 0.5) is 5.69 Å². The van der Waals surface area contributed by atoms with E-state index in [2.05, 4.69) is 27.0 Å². The molecule has 1 atom stereocenters. The summed E-state index contributed by atoms with van der Waals surface area (Å²) in [5, 5.41) is 21.9. The van der Waals surface area contributed by atoms with Crippen molar-refractivity contribution in [2.75, 3.05) is 0 Å². The molecule has 0 saturated heterocycles. The van der Waals surface area contributed by atoms with Crippen LogP contribution in [0.25, 0.3) is 10.9 Å². The number of aromatic nitrogens is 1. The van der Waals surface area contributed by atoms with Crippen LogP contribution >= 0.6 is 27.7 Å². The lowest BCUT2D eigenvalue weighted by atomic mass is 9.85. The van der Waals surface area contributed by atoms with Crippen LogP contribution in [0.1, 0.15) is 35.8 Å². The summed E-state index contributed by atoms with van der Waals surface area (Å²) in [7, 11) is 0. The second-order valence-electron chi connectivity index (χ2n) is 8.15. The molecule has 7 heteroatoms. The van der Waals surface area contributed by atoms with Crippen molar-refractivity contribution in [3.8, 4) is 6.07 Å². The number of thioether (sulfide) groups is 1. The van der Waals surface area contributed by atoms with Crippen molar-refractivity contribution < 1.29 is 4.92 Å². The van der Waals surface area contributed by atoms with Crippen molar-refractivity contribution in [1.82, 2.24) is 4.98 Å². The molecule has 0 saturated carbocycles. The van der Waals surface area contributed by atoms with Crippen molar-refractivity contribution in [2.24, 2.45) is 0 Å². The molecule has 0 aliphatic carbocycles. The molecule has 3 aromatic carbocycles. The maximum absolute atomic E-state index is 12.1. The van der Waals surface area contributed by atoms with E-state index in [0.29, 0.717) is 11.1 Å². The Morgan fingerprint density at radius 3 is 2.42 bits per heavy atom. The number of rotatable bonds is 6. The van der Waals surface area contributed by atoms with Crippen LogP contribution in [-0.4, -0.2) is 9.91 Å². The van der Waals surface area contributed by atoms with Crippen molar-refractivity contribution in [2.45, 2.75) is 29.4 Å². The Morgan fingerprint density at radius 1 is 1.09 bits per heavy atom. The molecule has 4 rings (SSSR count). The van der Waals surface area contributed by atoms with Gasteiger partial charge >= 0.3 is 0 Å². The topological polar surface area (TPSA) is 79.8 Å². The molecule has 0 aliphatic rings. The quantitative estimate of drug-likeness (QED) is 0.149. The molecular weight excluding hydrogens is 498 g/mol. The first-order valence-electron chi connectivity index (χ1n) is 10.3. The normalized spacial score (nSPS) is 12.3. The summed E-state index contributed by atoms with van der Waals surface area (Å²) in [4.78, 5) is 17.0. The predicted molar refractivity (Wildman–Crippen MR) is 135 cm³/mol. The minimum Gasteiger partial charge on any atom is -0.258 e. The second-order valence-corrected chi connectivity index (χ2v) is 10.2. The second kappa shape index (κ2) is 9.34. The third-order valence-electron chi connectivity index (χ3n) is 5.52. The highest BCUT2D eigenvalue weighted by Crippen LogP contribution is 2.46. The predicted octanol–water partition coefficient (Wildman–Crippen LogP) is 7.59. The van der Waals surface area contributed by atoms with E-state index in [0.717, 1.165) is 25.9 Å². The zero-order valence-electron chi connectivity index (χ0n) is 18.0. The Kier molecular flexibility index (Phi) is 6.50. The van der Waals surface area contributed by atoms with Crippen molar-refractivity contribution >= 4 is 44.3 Å². The lowest BCUT2D eigenvalue weighted by Crippen LogP contribution is -2.13. The summed E-state index contributed by atoms with van der Waals surface area (Å²) in [5.41, 5.74) is 2.47. The maximum Gasteiger partial charge on any atom is 0.292 e. The van der Waals surface area contributed by atoms with Gasteiger partial charge in [0, 0.05) is 14.8 Å². The summed E-state index contributed by atoms with van der Waals surface area (Å²) < 4.78 is 0.827. The number of pyridine rings is 1. The molecule has 5 nitrogen and oxygen atoms in total. The highest BCUT2D eigenvalue weighted by molar-refractivity contribution is 9.10.